The average molecular weight is 250 g/mol. The second kappa shape index (κ2) is 6.37. The van der Waals surface area contributed by atoms with Crippen molar-refractivity contribution in [1.29, 1.82) is 0 Å². The highest BCUT2D eigenvalue weighted by molar-refractivity contribution is 5.81. The molecule has 1 aliphatic heterocycles. The zero-order valence-corrected chi connectivity index (χ0v) is 10.2. The van der Waals surface area contributed by atoms with E-state index < -0.39 is 6.10 Å². The third-order valence-corrected chi connectivity index (χ3v) is 2.89. The summed E-state index contributed by atoms with van der Waals surface area (Å²) in [6, 6.07) is 9.97. The number of benzene rings is 1. The van der Waals surface area contributed by atoms with Gasteiger partial charge in [-0.05, 0) is 12.1 Å². The Hall–Kier alpha value is -1.59. The Morgan fingerprint density at radius 2 is 2.22 bits per heavy atom. The second-order valence-electron chi connectivity index (χ2n) is 4.16. The Labute approximate surface area is 106 Å². The quantitative estimate of drug-likeness (QED) is 0.789. The van der Waals surface area contributed by atoms with Crippen LogP contribution >= 0.6 is 0 Å². The lowest BCUT2D eigenvalue weighted by Crippen LogP contribution is -2.50. The van der Waals surface area contributed by atoms with Gasteiger partial charge >= 0.3 is 0 Å². The van der Waals surface area contributed by atoms with Gasteiger partial charge in [0.25, 0.3) is 5.91 Å². The van der Waals surface area contributed by atoms with Crippen LogP contribution in [-0.2, 0) is 9.53 Å². The molecule has 0 unspecified atom stereocenters. The fraction of sp³-hybridized carbons (Fsp3) is 0.462. The summed E-state index contributed by atoms with van der Waals surface area (Å²) in [5.41, 5.74) is 1.10. The molecule has 5 heteroatoms. The van der Waals surface area contributed by atoms with Crippen LogP contribution in [0.1, 0.15) is 0 Å². The molecule has 0 bridgehead atoms. The Balaban J connectivity index is 1.94. The van der Waals surface area contributed by atoms with Crippen LogP contribution in [-0.4, -0.2) is 50.0 Å². The van der Waals surface area contributed by atoms with E-state index in [1.165, 1.54) is 0 Å². The number of aliphatic hydroxyl groups is 1. The predicted octanol–water partition coefficient (Wildman–Crippen LogP) is 0.000300. The van der Waals surface area contributed by atoms with Gasteiger partial charge in [0.2, 0.25) is 0 Å². The third kappa shape index (κ3) is 3.21. The van der Waals surface area contributed by atoms with Crippen LogP contribution in [0.15, 0.2) is 30.3 Å². The van der Waals surface area contributed by atoms with E-state index in [0.29, 0.717) is 13.2 Å². The lowest BCUT2D eigenvalue weighted by atomic mass is 10.2. The number of nitrogens with one attached hydrogen (secondary N) is 1. The standard InChI is InChI=1S/C13H18N2O3/c16-8-6-14-13(17)12-10-15(7-9-18-12)11-4-2-1-3-5-11/h1-5,12,16H,6-10H2,(H,14,17)/t12-/m0/s1. The summed E-state index contributed by atoms with van der Waals surface area (Å²) in [4.78, 5) is 13.9. The summed E-state index contributed by atoms with van der Waals surface area (Å²) >= 11 is 0. The Morgan fingerprint density at radius 3 is 2.94 bits per heavy atom. The van der Waals surface area contributed by atoms with Crippen molar-refractivity contribution in [3.05, 3.63) is 30.3 Å². The van der Waals surface area contributed by atoms with Crippen LogP contribution in [0.3, 0.4) is 0 Å². The van der Waals surface area contributed by atoms with Crippen molar-refractivity contribution >= 4 is 11.6 Å². The lowest BCUT2D eigenvalue weighted by molar-refractivity contribution is -0.133. The minimum Gasteiger partial charge on any atom is -0.395 e. The first-order valence-electron chi connectivity index (χ1n) is 6.11. The van der Waals surface area contributed by atoms with Crippen molar-refractivity contribution in [2.75, 3.05) is 37.7 Å². The third-order valence-electron chi connectivity index (χ3n) is 2.89. The second-order valence-corrected chi connectivity index (χ2v) is 4.16. The van der Waals surface area contributed by atoms with Crippen molar-refractivity contribution in [1.82, 2.24) is 5.32 Å². The summed E-state index contributed by atoms with van der Waals surface area (Å²) in [7, 11) is 0. The summed E-state index contributed by atoms with van der Waals surface area (Å²) < 4.78 is 5.45. The summed E-state index contributed by atoms with van der Waals surface area (Å²) in [6.07, 6.45) is -0.467. The first-order valence-corrected chi connectivity index (χ1v) is 6.11. The van der Waals surface area contributed by atoms with Crippen LogP contribution in [0.5, 0.6) is 0 Å². The smallest absolute Gasteiger partial charge is 0.251 e. The van der Waals surface area contributed by atoms with Crippen molar-refractivity contribution in [2.45, 2.75) is 6.10 Å². The van der Waals surface area contributed by atoms with Crippen molar-refractivity contribution in [3.8, 4) is 0 Å². The van der Waals surface area contributed by atoms with Gasteiger partial charge in [0, 0.05) is 18.8 Å². The van der Waals surface area contributed by atoms with Gasteiger partial charge in [-0.15, -0.1) is 0 Å². The molecule has 5 nitrogen and oxygen atoms in total. The predicted molar refractivity (Wildman–Crippen MR) is 68.5 cm³/mol. The first-order chi connectivity index (χ1) is 8.81. The Kier molecular flexibility index (Phi) is 4.55. The molecule has 1 aliphatic rings. The molecule has 2 rings (SSSR count). The molecule has 1 amide bonds. The number of aliphatic hydroxyl groups excluding tert-OH is 1. The molecule has 0 aliphatic carbocycles. The maximum absolute atomic E-state index is 11.8. The van der Waals surface area contributed by atoms with E-state index in [0.717, 1.165) is 12.2 Å². The van der Waals surface area contributed by atoms with Crippen LogP contribution in [0.25, 0.3) is 0 Å². The highest BCUT2D eigenvalue weighted by Gasteiger charge is 2.26. The van der Waals surface area contributed by atoms with Gasteiger partial charge in [0.05, 0.1) is 19.8 Å². The molecule has 1 heterocycles. The van der Waals surface area contributed by atoms with Gasteiger partial charge in [0.1, 0.15) is 0 Å². The molecule has 0 saturated carbocycles. The van der Waals surface area contributed by atoms with E-state index in [2.05, 4.69) is 10.2 Å². The van der Waals surface area contributed by atoms with E-state index in [4.69, 9.17) is 9.84 Å². The topological polar surface area (TPSA) is 61.8 Å². The molecule has 1 fully saturated rings. The first kappa shape index (κ1) is 12.9. The number of para-hydroxylation sites is 1. The molecule has 1 atom stereocenters. The number of morpholine rings is 1. The number of anilines is 1. The van der Waals surface area contributed by atoms with Crippen molar-refractivity contribution < 1.29 is 14.6 Å². The molecule has 1 aromatic carbocycles. The van der Waals surface area contributed by atoms with Crippen molar-refractivity contribution in [2.24, 2.45) is 0 Å². The molecule has 0 radical (unpaired) electrons. The lowest BCUT2D eigenvalue weighted by Gasteiger charge is -2.33. The Morgan fingerprint density at radius 1 is 1.44 bits per heavy atom. The Bertz CT molecular complexity index is 383. The molecular formula is C13H18N2O3. The van der Waals surface area contributed by atoms with Gasteiger partial charge in [-0.1, -0.05) is 18.2 Å². The molecule has 2 N–H and O–H groups in total. The molecule has 0 spiro atoms. The summed E-state index contributed by atoms with van der Waals surface area (Å²) in [5, 5.41) is 11.3. The van der Waals surface area contributed by atoms with Crippen LogP contribution in [0, 0.1) is 0 Å². The zero-order valence-electron chi connectivity index (χ0n) is 10.2. The van der Waals surface area contributed by atoms with E-state index in [-0.39, 0.29) is 19.1 Å². The number of carbonyl (C=O) groups is 1. The number of nitrogens with zero attached hydrogens (tertiary/aromatic N) is 1. The van der Waals surface area contributed by atoms with E-state index >= 15 is 0 Å². The van der Waals surface area contributed by atoms with E-state index in [1.807, 2.05) is 30.3 Å². The van der Waals surface area contributed by atoms with Gasteiger partial charge in [-0.25, -0.2) is 0 Å². The molecule has 1 aromatic rings. The highest BCUT2D eigenvalue weighted by atomic mass is 16.5. The number of rotatable bonds is 4. The molecule has 98 valence electrons. The van der Waals surface area contributed by atoms with Crippen LogP contribution in [0.4, 0.5) is 5.69 Å². The van der Waals surface area contributed by atoms with Gasteiger partial charge < -0.3 is 20.1 Å². The number of hydrogen-bond donors (Lipinski definition) is 2. The number of ether oxygens (including phenoxy) is 1. The minimum absolute atomic E-state index is 0.0547. The monoisotopic (exact) mass is 250 g/mol. The van der Waals surface area contributed by atoms with Gasteiger partial charge in [0.15, 0.2) is 6.10 Å². The SMILES string of the molecule is O=C(NCCO)[C@@H]1CN(c2ccccc2)CCO1. The molecule has 18 heavy (non-hydrogen) atoms. The maximum Gasteiger partial charge on any atom is 0.251 e. The number of carbonyl (C=O) groups excluding carboxylic acids is 1. The summed E-state index contributed by atoms with van der Waals surface area (Å²) in [6.45, 7) is 2.08. The zero-order chi connectivity index (χ0) is 12.8. The van der Waals surface area contributed by atoms with Crippen molar-refractivity contribution in [3.63, 3.8) is 0 Å². The number of hydrogen-bond acceptors (Lipinski definition) is 4. The highest BCUT2D eigenvalue weighted by Crippen LogP contribution is 2.16. The normalized spacial score (nSPS) is 19.6. The number of amides is 1. The average Bonchev–Trinajstić information content (AvgIpc) is 2.46. The summed E-state index contributed by atoms with van der Waals surface area (Å²) in [5.74, 6) is -0.162. The van der Waals surface area contributed by atoms with E-state index in [1.54, 1.807) is 0 Å². The van der Waals surface area contributed by atoms with Crippen LogP contribution in [0.2, 0.25) is 0 Å². The van der Waals surface area contributed by atoms with Gasteiger partial charge in [-0.3, -0.25) is 4.79 Å². The minimum atomic E-state index is -0.467. The fourth-order valence-electron chi connectivity index (χ4n) is 1.97. The molecule has 0 aromatic heterocycles. The molecular weight excluding hydrogens is 232 g/mol. The maximum atomic E-state index is 11.8. The molecule has 1 saturated heterocycles. The van der Waals surface area contributed by atoms with Gasteiger partial charge in [-0.2, -0.15) is 0 Å². The van der Waals surface area contributed by atoms with E-state index in [9.17, 15) is 4.79 Å². The fourth-order valence-corrected chi connectivity index (χ4v) is 1.97. The van der Waals surface area contributed by atoms with Crippen LogP contribution < -0.4 is 10.2 Å². The largest absolute Gasteiger partial charge is 0.395 e.